The van der Waals surface area contributed by atoms with Crippen LogP contribution >= 0.6 is 11.8 Å². The summed E-state index contributed by atoms with van der Waals surface area (Å²) >= 11 is 1.69. The number of nitrogens with two attached hydrogens (primary N) is 1. The van der Waals surface area contributed by atoms with E-state index in [4.69, 9.17) is 10.2 Å². The lowest BCUT2D eigenvalue weighted by atomic mass is 10.4. The maximum Gasteiger partial charge on any atom is 0.244 e. The lowest BCUT2D eigenvalue weighted by molar-refractivity contribution is 0.478. The second kappa shape index (κ2) is 6.44. The van der Waals surface area contributed by atoms with Crippen molar-refractivity contribution in [3.63, 3.8) is 0 Å². The van der Waals surface area contributed by atoms with Gasteiger partial charge in [0, 0.05) is 12.6 Å². The van der Waals surface area contributed by atoms with Gasteiger partial charge in [-0.25, -0.2) is 13.1 Å². The molecule has 0 fully saturated rings. The number of hydrogen-bond donors (Lipinski definition) is 2. The molecule has 0 aromatic carbocycles. The minimum Gasteiger partial charge on any atom is -0.464 e. The molecule has 0 radical (unpaired) electrons. The Labute approximate surface area is 106 Å². The zero-order valence-corrected chi connectivity index (χ0v) is 11.7. The Balaban J connectivity index is 2.72. The Bertz CT molecular complexity index is 454. The Morgan fingerprint density at radius 1 is 1.53 bits per heavy atom. The predicted molar refractivity (Wildman–Crippen MR) is 69.5 cm³/mol. The third-order valence-electron chi connectivity index (χ3n) is 2.23. The number of sulfonamides is 1. The molecular weight excluding hydrogens is 260 g/mol. The van der Waals surface area contributed by atoms with Crippen LogP contribution < -0.4 is 10.5 Å². The van der Waals surface area contributed by atoms with Crippen LogP contribution in [0.3, 0.4) is 0 Å². The molecule has 7 heteroatoms. The average Bonchev–Trinajstić information content (AvgIpc) is 2.67. The summed E-state index contributed by atoms with van der Waals surface area (Å²) in [4.78, 5) is 0.183. The molecule has 17 heavy (non-hydrogen) atoms. The van der Waals surface area contributed by atoms with Gasteiger partial charge in [-0.2, -0.15) is 11.8 Å². The summed E-state index contributed by atoms with van der Waals surface area (Å²) in [6, 6.07) is 1.48. The minimum absolute atomic E-state index is 0.183. The molecule has 5 nitrogen and oxygen atoms in total. The molecule has 0 saturated carbocycles. The van der Waals surface area contributed by atoms with Crippen LogP contribution in [-0.4, -0.2) is 27.0 Å². The number of aryl methyl sites for hydroxylation is 1. The van der Waals surface area contributed by atoms with Gasteiger partial charge in [0.1, 0.15) is 16.4 Å². The van der Waals surface area contributed by atoms with E-state index in [2.05, 4.69) is 4.72 Å². The average molecular weight is 278 g/mol. The highest BCUT2D eigenvalue weighted by Crippen LogP contribution is 2.19. The van der Waals surface area contributed by atoms with Gasteiger partial charge in [0.15, 0.2) is 0 Å². The fraction of sp³-hybridized carbons (Fsp3) is 0.600. The van der Waals surface area contributed by atoms with Crippen molar-refractivity contribution in [2.24, 2.45) is 5.73 Å². The Hall–Kier alpha value is -0.500. The molecule has 0 bridgehead atoms. The van der Waals surface area contributed by atoms with Crippen molar-refractivity contribution in [1.82, 2.24) is 4.72 Å². The maximum atomic E-state index is 11.9. The van der Waals surface area contributed by atoms with E-state index < -0.39 is 10.0 Å². The van der Waals surface area contributed by atoms with Gasteiger partial charge in [-0.1, -0.05) is 0 Å². The first-order chi connectivity index (χ1) is 8.01. The summed E-state index contributed by atoms with van der Waals surface area (Å²) in [7, 11) is -3.47. The molecular formula is C10H18N2O3S2. The van der Waals surface area contributed by atoms with E-state index in [1.54, 1.807) is 18.7 Å². The topological polar surface area (TPSA) is 85.3 Å². The Morgan fingerprint density at radius 3 is 2.76 bits per heavy atom. The van der Waals surface area contributed by atoms with E-state index >= 15 is 0 Å². The summed E-state index contributed by atoms with van der Waals surface area (Å²) in [6.45, 7) is 2.25. The van der Waals surface area contributed by atoms with Gasteiger partial charge in [0.25, 0.3) is 0 Å². The van der Waals surface area contributed by atoms with Gasteiger partial charge in [0.05, 0.1) is 6.54 Å². The van der Waals surface area contributed by atoms with Gasteiger partial charge < -0.3 is 10.2 Å². The monoisotopic (exact) mass is 278 g/mol. The quantitative estimate of drug-likeness (QED) is 0.729. The number of hydrogen-bond acceptors (Lipinski definition) is 5. The van der Waals surface area contributed by atoms with Crippen LogP contribution in [0.2, 0.25) is 0 Å². The van der Waals surface area contributed by atoms with Crippen LogP contribution in [0.1, 0.15) is 17.9 Å². The fourth-order valence-corrected chi connectivity index (χ4v) is 3.10. The second-order valence-corrected chi connectivity index (χ2v) is 6.30. The van der Waals surface area contributed by atoms with E-state index in [0.717, 1.165) is 12.2 Å². The molecule has 0 saturated heterocycles. The van der Waals surface area contributed by atoms with Crippen LogP contribution in [0.4, 0.5) is 0 Å². The maximum absolute atomic E-state index is 11.9. The lowest BCUT2D eigenvalue weighted by Crippen LogP contribution is -2.25. The largest absolute Gasteiger partial charge is 0.464 e. The van der Waals surface area contributed by atoms with Crippen molar-refractivity contribution in [3.05, 3.63) is 17.6 Å². The SMILES string of the molecule is CSCCCNS(=O)(=O)c1cc(CN)oc1C. The van der Waals surface area contributed by atoms with Gasteiger partial charge in [-0.3, -0.25) is 0 Å². The number of furan rings is 1. The van der Waals surface area contributed by atoms with E-state index in [1.165, 1.54) is 6.07 Å². The standard InChI is InChI=1S/C10H18N2O3S2/c1-8-10(6-9(7-11)15-8)17(13,14)12-4-3-5-16-2/h6,12H,3-5,7,11H2,1-2H3. The van der Waals surface area contributed by atoms with Crippen LogP contribution in [-0.2, 0) is 16.6 Å². The first kappa shape index (κ1) is 14.6. The summed E-state index contributed by atoms with van der Waals surface area (Å²) in [5.41, 5.74) is 5.40. The van der Waals surface area contributed by atoms with Crippen LogP contribution in [0.25, 0.3) is 0 Å². The summed E-state index contributed by atoms with van der Waals surface area (Å²) in [5, 5.41) is 0. The molecule has 0 atom stereocenters. The molecule has 1 rings (SSSR count). The molecule has 1 aromatic heterocycles. The van der Waals surface area contributed by atoms with Crippen LogP contribution in [0, 0.1) is 6.92 Å². The van der Waals surface area contributed by atoms with Gasteiger partial charge in [-0.05, 0) is 25.4 Å². The molecule has 0 aliphatic heterocycles. The molecule has 0 spiro atoms. The smallest absolute Gasteiger partial charge is 0.244 e. The first-order valence-corrected chi connectivity index (χ1v) is 8.17. The van der Waals surface area contributed by atoms with Crippen molar-refractivity contribution in [1.29, 1.82) is 0 Å². The highest BCUT2D eigenvalue weighted by atomic mass is 32.2. The first-order valence-electron chi connectivity index (χ1n) is 5.29. The lowest BCUT2D eigenvalue weighted by Gasteiger charge is -2.04. The van der Waals surface area contributed by atoms with Gasteiger partial charge in [-0.15, -0.1) is 0 Å². The van der Waals surface area contributed by atoms with Crippen molar-refractivity contribution in [3.8, 4) is 0 Å². The van der Waals surface area contributed by atoms with Gasteiger partial charge in [0.2, 0.25) is 10.0 Å². The van der Waals surface area contributed by atoms with Crippen molar-refractivity contribution >= 4 is 21.8 Å². The third kappa shape index (κ3) is 4.02. The molecule has 1 heterocycles. The van der Waals surface area contributed by atoms with Crippen molar-refractivity contribution < 1.29 is 12.8 Å². The highest BCUT2D eigenvalue weighted by Gasteiger charge is 2.20. The van der Waals surface area contributed by atoms with Crippen molar-refractivity contribution in [2.45, 2.75) is 24.8 Å². The predicted octanol–water partition coefficient (Wildman–Crippen LogP) is 1.08. The van der Waals surface area contributed by atoms with E-state index in [0.29, 0.717) is 18.1 Å². The molecule has 0 aliphatic rings. The molecule has 0 amide bonds. The minimum atomic E-state index is -3.47. The van der Waals surface area contributed by atoms with E-state index in [9.17, 15) is 8.42 Å². The zero-order chi connectivity index (χ0) is 12.9. The zero-order valence-electron chi connectivity index (χ0n) is 10.0. The number of rotatable bonds is 7. The summed E-state index contributed by atoms with van der Waals surface area (Å²) < 4.78 is 31.6. The van der Waals surface area contributed by atoms with Gasteiger partial charge >= 0.3 is 0 Å². The molecule has 3 N–H and O–H groups in total. The highest BCUT2D eigenvalue weighted by molar-refractivity contribution is 7.98. The molecule has 1 aromatic rings. The number of nitrogens with one attached hydrogen (secondary N) is 1. The molecule has 98 valence electrons. The van der Waals surface area contributed by atoms with Crippen molar-refractivity contribution in [2.75, 3.05) is 18.6 Å². The van der Waals surface area contributed by atoms with Crippen LogP contribution in [0.15, 0.2) is 15.4 Å². The van der Waals surface area contributed by atoms with Crippen LogP contribution in [0.5, 0.6) is 0 Å². The third-order valence-corrected chi connectivity index (χ3v) is 4.50. The number of thioether (sulfide) groups is 1. The summed E-state index contributed by atoms with van der Waals surface area (Å²) in [5.74, 6) is 1.79. The normalized spacial score (nSPS) is 11.9. The molecule has 0 aliphatic carbocycles. The second-order valence-electron chi connectivity index (χ2n) is 3.58. The fourth-order valence-electron chi connectivity index (χ4n) is 1.39. The summed E-state index contributed by atoms with van der Waals surface area (Å²) in [6.07, 6.45) is 2.79. The Kier molecular flexibility index (Phi) is 5.51. The van der Waals surface area contributed by atoms with E-state index in [-0.39, 0.29) is 11.4 Å². The van der Waals surface area contributed by atoms with E-state index in [1.807, 2.05) is 6.26 Å². The molecule has 0 unspecified atom stereocenters. The Morgan fingerprint density at radius 2 is 2.24 bits per heavy atom.